The smallest absolute Gasteiger partial charge is 0.295 e. The number of sulfonamides is 1. The predicted molar refractivity (Wildman–Crippen MR) is 149 cm³/mol. The number of nitrogens with zero attached hydrogens (tertiary/aromatic N) is 1. The lowest BCUT2D eigenvalue weighted by Gasteiger charge is -2.24. The Labute approximate surface area is 225 Å². The SMILES string of the molecule is O=C(CNC(=O)c1ccc(S(=O)(=O)N(Oc2ccccc2)c2ccccc2)cc1)Nc1cccc2[nH]ccc12. The van der Waals surface area contributed by atoms with E-state index >= 15 is 0 Å². The number of aromatic amines is 1. The van der Waals surface area contributed by atoms with E-state index in [0.717, 1.165) is 15.4 Å². The lowest BCUT2D eigenvalue weighted by atomic mass is 10.2. The minimum absolute atomic E-state index is 0.0730. The van der Waals surface area contributed by atoms with Gasteiger partial charge in [0.25, 0.3) is 15.9 Å². The molecule has 3 N–H and O–H groups in total. The van der Waals surface area contributed by atoms with E-state index in [4.69, 9.17) is 4.84 Å². The number of hydrogen-bond donors (Lipinski definition) is 3. The van der Waals surface area contributed by atoms with Crippen LogP contribution in [-0.2, 0) is 14.8 Å². The molecule has 4 aromatic carbocycles. The summed E-state index contributed by atoms with van der Waals surface area (Å²) >= 11 is 0. The number of benzene rings is 4. The molecule has 0 spiro atoms. The van der Waals surface area contributed by atoms with Gasteiger partial charge in [-0.25, -0.2) is 0 Å². The number of hydrogen-bond acceptors (Lipinski definition) is 5. The van der Waals surface area contributed by atoms with Crippen molar-refractivity contribution in [3.05, 3.63) is 121 Å². The molecule has 0 bridgehead atoms. The minimum atomic E-state index is -4.16. The van der Waals surface area contributed by atoms with Gasteiger partial charge in [0.05, 0.1) is 22.8 Å². The van der Waals surface area contributed by atoms with Crippen LogP contribution < -0.4 is 19.9 Å². The average Bonchev–Trinajstić information content (AvgIpc) is 3.46. The van der Waals surface area contributed by atoms with Gasteiger partial charge in [0.15, 0.2) is 5.75 Å². The van der Waals surface area contributed by atoms with Crippen LogP contribution in [0.4, 0.5) is 11.4 Å². The highest BCUT2D eigenvalue weighted by molar-refractivity contribution is 7.92. The fourth-order valence-corrected chi connectivity index (χ4v) is 5.15. The zero-order valence-electron chi connectivity index (χ0n) is 20.6. The first-order valence-electron chi connectivity index (χ1n) is 12.0. The molecule has 1 heterocycles. The lowest BCUT2D eigenvalue weighted by molar-refractivity contribution is -0.115. The van der Waals surface area contributed by atoms with Crippen LogP contribution >= 0.6 is 0 Å². The molecule has 0 aliphatic heterocycles. The molecule has 5 aromatic rings. The van der Waals surface area contributed by atoms with Gasteiger partial charge in [0.2, 0.25) is 5.91 Å². The Morgan fingerprint density at radius 2 is 1.49 bits per heavy atom. The van der Waals surface area contributed by atoms with E-state index in [1.54, 1.807) is 72.9 Å². The summed E-state index contributed by atoms with van der Waals surface area (Å²) in [6.07, 6.45) is 1.78. The number of para-hydroxylation sites is 2. The first kappa shape index (κ1) is 25.6. The van der Waals surface area contributed by atoms with Crippen LogP contribution in [0.2, 0.25) is 0 Å². The van der Waals surface area contributed by atoms with Gasteiger partial charge in [-0.15, -0.1) is 0 Å². The largest absolute Gasteiger partial charge is 0.364 e. The van der Waals surface area contributed by atoms with Crippen molar-refractivity contribution in [1.29, 1.82) is 0 Å². The second kappa shape index (κ2) is 11.1. The topological polar surface area (TPSA) is 121 Å². The Hall–Kier alpha value is -5.09. The van der Waals surface area contributed by atoms with Crippen LogP contribution in [0.25, 0.3) is 10.9 Å². The quantitative estimate of drug-likeness (QED) is 0.234. The van der Waals surface area contributed by atoms with E-state index in [2.05, 4.69) is 15.6 Å². The molecule has 1 aromatic heterocycles. The number of carbonyl (C=O) groups is 2. The highest BCUT2D eigenvalue weighted by Gasteiger charge is 2.28. The van der Waals surface area contributed by atoms with Crippen LogP contribution in [-0.4, -0.2) is 31.8 Å². The van der Waals surface area contributed by atoms with Gasteiger partial charge in [0, 0.05) is 22.7 Å². The van der Waals surface area contributed by atoms with Crippen LogP contribution in [0.15, 0.2) is 120 Å². The highest BCUT2D eigenvalue weighted by atomic mass is 32.2. The molecule has 5 rings (SSSR count). The van der Waals surface area contributed by atoms with Gasteiger partial charge in [-0.05, 0) is 66.7 Å². The van der Waals surface area contributed by atoms with Crippen molar-refractivity contribution < 1.29 is 22.8 Å². The van der Waals surface area contributed by atoms with Crippen molar-refractivity contribution in [3.8, 4) is 5.75 Å². The molecule has 0 aliphatic carbocycles. The predicted octanol–water partition coefficient (Wildman–Crippen LogP) is 4.73. The molecule has 0 atom stereocenters. The molecule has 9 nitrogen and oxygen atoms in total. The van der Waals surface area contributed by atoms with Crippen molar-refractivity contribution >= 4 is 44.1 Å². The van der Waals surface area contributed by atoms with Crippen LogP contribution in [0.1, 0.15) is 10.4 Å². The summed E-state index contributed by atoms with van der Waals surface area (Å²) < 4.78 is 27.9. The van der Waals surface area contributed by atoms with Gasteiger partial charge in [0.1, 0.15) is 0 Å². The number of nitrogens with one attached hydrogen (secondary N) is 3. The molecular weight excluding hydrogens is 516 g/mol. The third-order valence-electron chi connectivity index (χ3n) is 5.81. The third-order valence-corrected chi connectivity index (χ3v) is 7.40. The van der Waals surface area contributed by atoms with Crippen LogP contribution in [0.3, 0.4) is 0 Å². The summed E-state index contributed by atoms with van der Waals surface area (Å²) in [5, 5.41) is 6.20. The minimum Gasteiger partial charge on any atom is -0.364 e. The summed E-state index contributed by atoms with van der Waals surface area (Å²) in [7, 11) is -4.16. The summed E-state index contributed by atoms with van der Waals surface area (Å²) in [6, 6.07) is 29.7. The fourth-order valence-electron chi connectivity index (χ4n) is 3.89. The number of aromatic nitrogens is 1. The molecule has 0 radical (unpaired) electrons. The monoisotopic (exact) mass is 540 g/mol. The molecule has 0 unspecified atom stereocenters. The lowest BCUT2D eigenvalue weighted by Crippen LogP contribution is -2.34. The molecule has 39 heavy (non-hydrogen) atoms. The summed E-state index contributed by atoms with van der Waals surface area (Å²) in [5.74, 6) is -0.575. The number of fused-ring (bicyclic) bond motifs is 1. The summed E-state index contributed by atoms with van der Waals surface area (Å²) in [4.78, 5) is 33.8. The van der Waals surface area contributed by atoms with Gasteiger partial charge < -0.3 is 20.5 Å². The number of carbonyl (C=O) groups excluding carboxylic acids is 2. The first-order chi connectivity index (χ1) is 18.9. The zero-order valence-corrected chi connectivity index (χ0v) is 21.4. The maximum Gasteiger partial charge on any atom is 0.295 e. The number of rotatable bonds is 9. The highest BCUT2D eigenvalue weighted by Crippen LogP contribution is 2.26. The number of amides is 2. The average molecular weight is 541 g/mol. The van der Waals surface area contributed by atoms with Gasteiger partial charge in [-0.1, -0.05) is 46.9 Å². The Kier molecular flexibility index (Phi) is 7.28. The Morgan fingerprint density at radius 3 is 2.21 bits per heavy atom. The van der Waals surface area contributed by atoms with Gasteiger partial charge in [-0.2, -0.15) is 8.42 Å². The standard InChI is InChI=1S/C29H24N4O5S/c34-28(32-27-13-7-12-26-25(27)18-19-30-26)20-31-29(35)21-14-16-24(17-15-21)39(36,37)33(22-8-3-1-4-9-22)38-23-10-5-2-6-11-23/h1-19,30H,20H2,(H,31,35)(H,32,34). The van der Waals surface area contributed by atoms with E-state index in [1.165, 1.54) is 24.3 Å². The number of H-pyrrole nitrogens is 1. The molecule has 10 heteroatoms. The zero-order chi connectivity index (χ0) is 27.2. The molecule has 0 fully saturated rings. The van der Waals surface area contributed by atoms with E-state index in [-0.39, 0.29) is 17.0 Å². The van der Waals surface area contributed by atoms with Crippen molar-refractivity contribution in [2.24, 2.45) is 0 Å². The van der Waals surface area contributed by atoms with Crippen molar-refractivity contribution in [2.45, 2.75) is 4.90 Å². The van der Waals surface area contributed by atoms with E-state index in [1.807, 2.05) is 18.2 Å². The van der Waals surface area contributed by atoms with E-state index in [9.17, 15) is 18.0 Å². The van der Waals surface area contributed by atoms with Crippen molar-refractivity contribution in [2.75, 3.05) is 16.3 Å². The molecule has 0 aliphatic rings. The first-order valence-corrected chi connectivity index (χ1v) is 13.4. The van der Waals surface area contributed by atoms with Gasteiger partial charge in [-0.3, -0.25) is 9.59 Å². The van der Waals surface area contributed by atoms with Crippen molar-refractivity contribution in [1.82, 2.24) is 10.3 Å². The Balaban J connectivity index is 1.27. The van der Waals surface area contributed by atoms with Crippen LogP contribution in [0, 0.1) is 0 Å². The van der Waals surface area contributed by atoms with Gasteiger partial charge >= 0.3 is 0 Å². The molecule has 2 amide bonds. The molecule has 0 saturated heterocycles. The van der Waals surface area contributed by atoms with E-state index < -0.39 is 21.8 Å². The maximum atomic E-state index is 13.5. The van der Waals surface area contributed by atoms with Crippen LogP contribution in [0.5, 0.6) is 5.75 Å². The molecule has 196 valence electrons. The van der Waals surface area contributed by atoms with E-state index in [0.29, 0.717) is 17.1 Å². The number of anilines is 2. The Bertz CT molecular complexity index is 1700. The fraction of sp³-hybridized carbons (Fsp3) is 0.0345. The second-order valence-electron chi connectivity index (χ2n) is 8.47. The molecular formula is C29H24N4O5S. The second-order valence-corrected chi connectivity index (χ2v) is 10.2. The summed E-state index contributed by atoms with van der Waals surface area (Å²) in [6.45, 7) is -0.258. The summed E-state index contributed by atoms with van der Waals surface area (Å²) in [5.41, 5.74) is 2.02. The normalized spacial score (nSPS) is 11.1. The third kappa shape index (κ3) is 5.76. The molecule has 0 saturated carbocycles. The van der Waals surface area contributed by atoms with Crippen molar-refractivity contribution in [3.63, 3.8) is 0 Å². The Morgan fingerprint density at radius 1 is 0.795 bits per heavy atom. The maximum absolute atomic E-state index is 13.5.